The van der Waals surface area contributed by atoms with Gasteiger partial charge in [-0.2, -0.15) is 0 Å². The van der Waals surface area contributed by atoms with E-state index >= 15 is 0 Å². The van der Waals surface area contributed by atoms with Crippen LogP contribution in [0.25, 0.3) is 0 Å². The molecule has 0 bridgehead atoms. The average molecular weight is 186 g/mol. The van der Waals surface area contributed by atoms with E-state index in [4.69, 9.17) is 4.74 Å². The van der Waals surface area contributed by atoms with Gasteiger partial charge in [0.2, 0.25) is 0 Å². The van der Waals surface area contributed by atoms with Crippen LogP contribution in [-0.2, 0) is 4.74 Å². The zero-order valence-electron chi connectivity index (χ0n) is 9.21. The largest absolute Gasteiger partial charge is 0.348 e. The molecule has 1 heterocycles. The second-order valence-corrected chi connectivity index (χ2v) is 4.17. The zero-order valence-corrected chi connectivity index (χ0v) is 9.21. The summed E-state index contributed by atoms with van der Waals surface area (Å²) in [6.07, 6.45) is 2.62. The van der Waals surface area contributed by atoms with Crippen molar-refractivity contribution < 1.29 is 4.74 Å². The highest BCUT2D eigenvalue weighted by atomic mass is 16.6. The lowest BCUT2D eigenvalue weighted by Gasteiger charge is -2.39. The van der Waals surface area contributed by atoms with Crippen molar-refractivity contribution in [1.82, 2.24) is 10.2 Å². The highest BCUT2D eigenvalue weighted by Crippen LogP contribution is 2.17. The topological polar surface area (TPSA) is 24.5 Å². The Morgan fingerprint density at radius 1 is 1.54 bits per heavy atom. The van der Waals surface area contributed by atoms with Gasteiger partial charge in [-0.25, -0.2) is 0 Å². The normalized spacial score (nSPS) is 26.1. The first kappa shape index (κ1) is 11.0. The first-order chi connectivity index (χ1) is 6.13. The van der Waals surface area contributed by atoms with Crippen molar-refractivity contribution in [3.63, 3.8) is 0 Å². The molecule has 0 radical (unpaired) electrons. The van der Waals surface area contributed by atoms with E-state index in [-0.39, 0.29) is 0 Å². The van der Waals surface area contributed by atoms with Crippen LogP contribution in [0.15, 0.2) is 0 Å². The molecule has 1 fully saturated rings. The Kier molecular flexibility index (Phi) is 4.16. The molecule has 2 unspecified atom stereocenters. The van der Waals surface area contributed by atoms with Crippen molar-refractivity contribution in [2.24, 2.45) is 0 Å². The van der Waals surface area contributed by atoms with Gasteiger partial charge in [0.25, 0.3) is 0 Å². The van der Waals surface area contributed by atoms with E-state index in [1.165, 1.54) is 6.42 Å². The third kappa shape index (κ3) is 3.25. The summed E-state index contributed by atoms with van der Waals surface area (Å²) in [5, 5.41) is 3.54. The lowest BCUT2D eigenvalue weighted by atomic mass is 10.1. The Morgan fingerprint density at radius 2 is 2.23 bits per heavy atom. The Hall–Kier alpha value is -0.120. The number of hydrogen-bond acceptors (Lipinski definition) is 3. The van der Waals surface area contributed by atoms with Crippen molar-refractivity contribution in [2.75, 3.05) is 13.8 Å². The molecule has 0 aromatic heterocycles. The number of ether oxygens (including phenoxy) is 1. The second-order valence-electron chi connectivity index (χ2n) is 4.17. The summed E-state index contributed by atoms with van der Waals surface area (Å²) in [4.78, 5) is 2.24. The number of hydrogen-bond donors (Lipinski definition) is 1. The van der Waals surface area contributed by atoms with Crippen molar-refractivity contribution in [3.05, 3.63) is 0 Å². The number of rotatable bonds is 5. The van der Waals surface area contributed by atoms with Crippen molar-refractivity contribution >= 4 is 0 Å². The molecule has 0 amide bonds. The van der Waals surface area contributed by atoms with E-state index in [1.807, 2.05) is 0 Å². The van der Waals surface area contributed by atoms with Crippen LogP contribution < -0.4 is 5.32 Å². The molecule has 1 saturated heterocycles. The van der Waals surface area contributed by atoms with Gasteiger partial charge in [-0.1, -0.05) is 20.8 Å². The molecule has 1 N–H and O–H groups in total. The van der Waals surface area contributed by atoms with Gasteiger partial charge < -0.3 is 10.1 Å². The van der Waals surface area contributed by atoms with Crippen molar-refractivity contribution in [3.8, 4) is 0 Å². The maximum atomic E-state index is 5.44. The van der Waals surface area contributed by atoms with Crippen LogP contribution in [0.4, 0.5) is 0 Å². The fourth-order valence-electron chi connectivity index (χ4n) is 1.64. The molecule has 3 nitrogen and oxygen atoms in total. The first-order valence-electron chi connectivity index (χ1n) is 5.21. The van der Waals surface area contributed by atoms with Crippen molar-refractivity contribution in [2.45, 2.75) is 51.9 Å². The van der Waals surface area contributed by atoms with Gasteiger partial charge in [0.05, 0.1) is 0 Å². The predicted molar refractivity (Wildman–Crippen MR) is 54.5 cm³/mol. The van der Waals surface area contributed by atoms with Crippen LogP contribution in [0, 0.1) is 0 Å². The number of nitrogens with zero attached hydrogens (tertiary/aromatic N) is 1. The van der Waals surface area contributed by atoms with E-state index in [0.29, 0.717) is 18.3 Å². The minimum absolute atomic E-state index is 0.344. The molecule has 1 aliphatic rings. The summed E-state index contributed by atoms with van der Waals surface area (Å²) in [5.74, 6) is 0. The van der Waals surface area contributed by atoms with Gasteiger partial charge in [-0.05, 0) is 13.5 Å². The van der Waals surface area contributed by atoms with E-state index in [9.17, 15) is 0 Å². The molecule has 0 aromatic carbocycles. The van der Waals surface area contributed by atoms with E-state index in [0.717, 1.165) is 13.2 Å². The summed E-state index contributed by atoms with van der Waals surface area (Å²) < 4.78 is 5.44. The molecule has 0 aromatic rings. The summed E-state index contributed by atoms with van der Waals surface area (Å²) in [6, 6.07) is 1.16. The summed E-state index contributed by atoms with van der Waals surface area (Å²) >= 11 is 0. The summed E-state index contributed by atoms with van der Waals surface area (Å²) in [6.45, 7) is 7.39. The monoisotopic (exact) mass is 186 g/mol. The highest BCUT2D eigenvalue weighted by molar-refractivity contribution is 4.75. The third-order valence-electron chi connectivity index (χ3n) is 2.51. The highest BCUT2D eigenvalue weighted by Gasteiger charge is 2.27. The standard InChI is InChI=1S/C10H22N2O/c1-5-9(11-8(2)3)6-10-12(4)7-13-10/h8-11H,5-7H2,1-4H3. The molecule has 1 aliphatic heterocycles. The van der Waals surface area contributed by atoms with E-state index in [2.05, 4.69) is 38.0 Å². The van der Waals surface area contributed by atoms with Gasteiger partial charge in [-0.3, -0.25) is 4.90 Å². The zero-order chi connectivity index (χ0) is 9.84. The van der Waals surface area contributed by atoms with Crippen LogP contribution >= 0.6 is 0 Å². The lowest BCUT2D eigenvalue weighted by molar-refractivity contribution is -0.211. The summed E-state index contributed by atoms with van der Waals surface area (Å²) in [7, 11) is 2.11. The van der Waals surface area contributed by atoms with Gasteiger partial charge >= 0.3 is 0 Å². The van der Waals surface area contributed by atoms with Crippen LogP contribution in [0.5, 0.6) is 0 Å². The van der Waals surface area contributed by atoms with Crippen LogP contribution in [0.2, 0.25) is 0 Å². The molecular weight excluding hydrogens is 164 g/mol. The third-order valence-corrected chi connectivity index (χ3v) is 2.51. The lowest BCUT2D eigenvalue weighted by Crippen LogP contribution is -2.51. The predicted octanol–water partition coefficient (Wildman–Crippen LogP) is 1.40. The molecular formula is C10H22N2O. The molecule has 0 aliphatic carbocycles. The Balaban J connectivity index is 2.22. The van der Waals surface area contributed by atoms with Gasteiger partial charge in [0, 0.05) is 18.5 Å². The fourth-order valence-corrected chi connectivity index (χ4v) is 1.64. The Labute approximate surface area is 81.4 Å². The molecule has 1 rings (SSSR count). The van der Waals surface area contributed by atoms with Gasteiger partial charge in [0.15, 0.2) is 0 Å². The SMILES string of the molecule is CCC(CC1OCN1C)NC(C)C. The van der Waals surface area contributed by atoms with E-state index in [1.54, 1.807) is 0 Å². The smallest absolute Gasteiger partial charge is 0.115 e. The van der Waals surface area contributed by atoms with Gasteiger partial charge in [0.1, 0.15) is 13.0 Å². The van der Waals surface area contributed by atoms with Crippen LogP contribution in [0.1, 0.15) is 33.6 Å². The maximum absolute atomic E-state index is 5.44. The minimum Gasteiger partial charge on any atom is -0.348 e. The Morgan fingerprint density at radius 3 is 2.54 bits per heavy atom. The maximum Gasteiger partial charge on any atom is 0.115 e. The van der Waals surface area contributed by atoms with Crippen LogP contribution in [0.3, 0.4) is 0 Å². The molecule has 0 saturated carbocycles. The van der Waals surface area contributed by atoms with E-state index < -0.39 is 0 Å². The minimum atomic E-state index is 0.344. The molecule has 2 atom stereocenters. The fraction of sp³-hybridized carbons (Fsp3) is 1.00. The van der Waals surface area contributed by atoms with Crippen LogP contribution in [-0.4, -0.2) is 37.0 Å². The second kappa shape index (κ2) is 4.94. The quantitative estimate of drug-likeness (QED) is 0.702. The number of nitrogens with one attached hydrogen (secondary N) is 1. The molecule has 78 valence electrons. The van der Waals surface area contributed by atoms with Crippen molar-refractivity contribution in [1.29, 1.82) is 0 Å². The molecule has 3 heteroatoms. The summed E-state index contributed by atoms with van der Waals surface area (Å²) in [5.41, 5.74) is 0. The molecule has 0 spiro atoms. The first-order valence-corrected chi connectivity index (χ1v) is 5.21. The molecule has 13 heavy (non-hydrogen) atoms. The Bertz CT molecular complexity index is 150. The van der Waals surface area contributed by atoms with Gasteiger partial charge in [-0.15, -0.1) is 0 Å². The average Bonchev–Trinajstić information content (AvgIpc) is 2.08.